The predicted molar refractivity (Wildman–Crippen MR) is 343 cm³/mol. The molecule has 0 aliphatic rings. The van der Waals surface area contributed by atoms with Crippen molar-refractivity contribution in [1.29, 1.82) is 0 Å². The average molecular weight is 1160 g/mol. The van der Waals surface area contributed by atoms with E-state index < -0.39 is 64.4 Å². The molecule has 464 valence electrons. The van der Waals surface area contributed by atoms with Crippen LogP contribution in [0.2, 0.25) is 0 Å². The number of carbonyl (C=O) groups is 3. The molecule has 0 heterocycles. The second-order valence-electron chi connectivity index (χ2n) is 20.5. The lowest BCUT2D eigenvalue weighted by Gasteiger charge is -2.21. The van der Waals surface area contributed by atoms with Crippen LogP contribution in [0.4, 0.5) is 0 Å². The molecule has 0 aromatic rings. The van der Waals surface area contributed by atoms with Crippen LogP contribution in [0.5, 0.6) is 0 Å². The first-order valence-electron chi connectivity index (χ1n) is 31.7. The molecule has 0 rings (SSSR count). The molecule has 12 heteroatoms. The van der Waals surface area contributed by atoms with E-state index in [4.69, 9.17) is 23.3 Å². The van der Waals surface area contributed by atoms with Crippen LogP contribution in [-0.2, 0) is 42.2 Å². The summed E-state index contributed by atoms with van der Waals surface area (Å²) in [6.45, 7) is 4.29. The number of phosphoric acid groups is 1. The molecule has 2 N–H and O–H groups in total. The fraction of sp³-hybridized carbons (Fsp3) is 0.614. The molecule has 0 spiro atoms. The molecule has 3 atom stereocenters. The number of allylic oxidation sites excluding steroid dienone is 24. The Morgan fingerprint density at radius 3 is 1.07 bits per heavy atom. The lowest BCUT2D eigenvalue weighted by Crippen LogP contribution is -2.30. The monoisotopic (exact) mass is 1160 g/mol. The van der Waals surface area contributed by atoms with Crippen LogP contribution in [-0.4, -0.2) is 66.5 Å². The van der Waals surface area contributed by atoms with Gasteiger partial charge in [-0.05, 0) is 128 Å². The minimum Gasteiger partial charge on any atom is -0.462 e. The van der Waals surface area contributed by atoms with E-state index >= 15 is 0 Å². The van der Waals surface area contributed by atoms with Gasteiger partial charge in [0.15, 0.2) is 6.10 Å². The van der Waals surface area contributed by atoms with Crippen molar-refractivity contribution < 1.29 is 52.2 Å². The van der Waals surface area contributed by atoms with Crippen molar-refractivity contribution in [2.24, 2.45) is 0 Å². The normalized spacial score (nSPS) is 14.3. The van der Waals surface area contributed by atoms with Gasteiger partial charge in [0.1, 0.15) is 12.7 Å². The largest absolute Gasteiger partial charge is 0.472 e. The van der Waals surface area contributed by atoms with Crippen LogP contribution >= 0.6 is 7.82 Å². The molecule has 0 aromatic heterocycles. The number of hydrogen-bond donors (Lipinski definition) is 2. The van der Waals surface area contributed by atoms with E-state index in [0.29, 0.717) is 25.7 Å². The summed E-state index contributed by atoms with van der Waals surface area (Å²) in [7, 11) is -4.79. The Balaban J connectivity index is 4.88. The van der Waals surface area contributed by atoms with Crippen molar-refractivity contribution in [3.05, 3.63) is 146 Å². The summed E-state index contributed by atoms with van der Waals surface area (Å²) < 4.78 is 39.5. The number of hydrogen-bond acceptors (Lipinski definition) is 10. The van der Waals surface area contributed by atoms with Crippen molar-refractivity contribution in [1.82, 2.24) is 0 Å². The van der Waals surface area contributed by atoms with Gasteiger partial charge in [0.25, 0.3) is 0 Å². The van der Waals surface area contributed by atoms with E-state index in [1.54, 1.807) is 0 Å². The predicted octanol–water partition coefficient (Wildman–Crippen LogP) is 19.5. The molecular formula is C70H113O11P. The van der Waals surface area contributed by atoms with Crippen LogP contribution in [0, 0.1) is 0 Å². The summed E-state index contributed by atoms with van der Waals surface area (Å²) in [5, 5.41) is 9.85. The van der Waals surface area contributed by atoms with E-state index in [1.807, 2.05) is 12.2 Å². The summed E-state index contributed by atoms with van der Waals surface area (Å²) >= 11 is 0. The molecule has 0 saturated carbocycles. The fourth-order valence-corrected chi connectivity index (χ4v) is 8.77. The molecule has 3 unspecified atom stereocenters. The molecule has 0 fully saturated rings. The highest BCUT2D eigenvalue weighted by molar-refractivity contribution is 7.47. The third-order valence-electron chi connectivity index (χ3n) is 12.7. The van der Waals surface area contributed by atoms with Gasteiger partial charge in [0.2, 0.25) is 0 Å². The van der Waals surface area contributed by atoms with Crippen molar-refractivity contribution in [3.63, 3.8) is 0 Å². The number of aliphatic hydroxyl groups is 1. The number of rotatable bonds is 57. The van der Waals surface area contributed by atoms with E-state index in [2.05, 4.69) is 154 Å². The van der Waals surface area contributed by atoms with Crippen molar-refractivity contribution >= 4 is 25.7 Å². The van der Waals surface area contributed by atoms with Gasteiger partial charge in [0, 0.05) is 19.3 Å². The minimum absolute atomic E-state index is 0.0266. The van der Waals surface area contributed by atoms with Crippen LogP contribution in [0.25, 0.3) is 0 Å². The smallest absolute Gasteiger partial charge is 0.462 e. The Kier molecular flexibility index (Phi) is 58.9. The minimum atomic E-state index is -4.79. The standard InChI is InChI=1S/C70H113O11P/c1-4-7-10-13-16-19-22-25-28-31-33-36-38-41-44-47-50-53-56-59-68(72)77-63-67(81-70(74)61-58-55-52-49-46-43-40-37-34-32-29-26-23-20-17-14-11-8-5-2)65-79-82(75,76)78-64-66(62-71)80-69(73)60-57-54-51-48-45-42-39-35-30-27-24-21-18-15-12-9-6-3/h7-8,10-11,16-17,19-20,25-30,33-34,36-37,41,43-44,46,52,55,66-67,71H,4-6,9,12-15,18,21-24,31-32,35,38-40,42,45,47-51,53-54,56-65H2,1-3H3,(H,75,76)/b10-7-,11-8-,19-16-,20-17-,28-25-,29-26-,30-27-,36-33-,37-34-,44-41-,46-43-,55-52-. The van der Waals surface area contributed by atoms with Crippen molar-refractivity contribution in [2.75, 3.05) is 26.4 Å². The van der Waals surface area contributed by atoms with Gasteiger partial charge in [-0.3, -0.25) is 23.4 Å². The number of esters is 3. The van der Waals surface area contributed by atoms with Gasteiger partial charge in [-0.25, -0.2) is 4.57 Å². The first kappa shape index (κ1) is 77.4. The summed E-state index contributed by atoms with van der Waals surface area (Å²) in [5.74, 6) is -1.62. The zero-order valence-electron chi connectivity index (χ0n) is 51.4. The number of ether oxygens (including phenoxy) is 3. The van der Waals surface area contributed by atoms with Gasteiger partial charge < -0.3 is 24.2 Å². The van der Waals surface area contributed by atoms with E-state index in [9.17, 15) is 28.9 Å². The molecule has 0 bridgehead atoms. The number of carbonyl (C=O) groups excluding carboxylic acids is 3. The second kappa shape index (κ2) is 62.4. The van der Waals surface area contributed by atoms with Gasteiger partial charge in [-0.2, -0.15) is 0 Å². The molecule has 0 radical (unpaired) electrons. The third-order valence-corrected chi connectivity index (χ3v) is 13.7. The molecular weight excluding hydrogens is 1050 g/mol. The summed E-state index contributed by atoms with van der Waals surface area (Å²) in [5.41, 5.74) is 0. The maximum Gasteiger partial charge on any atom is 0.472 e. The van der Waals surface area contributed by atoms with Crippen LogP contribution in [0.1, 0.15) is 239 Å². The topological polar surface area (TPSA) is 155 Å². The maximum absolute atomic E-state index is 13.0. The quantitative estimate of drug-likeness (QED) is 0.0197. The van der Waals surface area contributed by atoms with Gasteiger partial charge >= 0.3 is 25.7 Å². The maximum atomic E-state index is 13.0. The van der Waals surface area contributed by atoms with Crippen LogP contribution < -0.4 is 0 Å². The first-order valence-corrected chi connectivity index (χ1v) is 33.2. The van der Waals surface area contributed by atoms with E-state index in [0.717, 1.165) is 116 Å². The molecule has 0 aliphatic carbocycles. The zero-order valence-corrected chi connectivity index (χ0v) is 52.3. The van der Waals surface area contributed by atoms with E-state index in [-0.39, 0.29) is 19.3 Å². The number of phosphoric ester groups is 1. The third kappa shape index (κ3) is 60.0. The summed E-state index contributed by atoms with van der Waals surface area (Å²) in [4.78, 5) is 48.7. The average Bonchev–Trinajstić information content (AvgIpc) is 3.50. The number of aliphatic hydroxyl groups excluding tert-OH is 1. The highest BCUT2D eigenvalue weighted by Crippen LogP contribution is 2.43. The molecule has 0 saturated heterocycles. The Labute approximate surface area is 499 Å². The highest BCUT2D eigenvalue weighted by atomic mass is 31.2. The lowest BCUT2D eigenvalue weighted by molar-refractivity contribution is -0.161. The molecule has 0 aromatic carbocycles. The van der Waals surface area contributed by atoms with Gasteiger partial charge in [-0.1, -0.05) is 237 Å². The summed E-state index contributed by atoms with van der Waals surface area (Å²) in [6.07, 6.45) is 81.0. The molecule has 0 amide bonds. The van der Waals surface area contributed by atoms with Crippen molar-refractivity contribution in [3.8, 4) is 0 Å². The first-order chi connectivity index (χ1) is 40.2. The van der Waals surface area contributed by atoms with Crippen LogP contribution in [0.15, 0.2) is 146 Å². The Hall–Kier alpha value is -4.64. The van der Waals surface area contributed by atoms with E-state index in [1.165, 1.54) is 57.8 Å². The van der Waals surface area contributed by atoms with Crippen molar-refractivity contribution in [2.45, 2.75) is 251 Å². The van der Waals surface area contributed by atoms with Crippen LogP contribution in [0.3, 0.4) is 0 Å². The van der Waals surface area contributed by atoms with Gasteiger partial charge in [-0.15, -0.1) is 0 Å². The Bertz CT molecular complexity index is 1930. The lowest BCUT2D eigenvalue weighted by atomic mass is 10.1. The molecule has 82 heavy (non-hydrogen) atoms. The number of unbranched alkanes of at least 4 members (excludes halogenated alkanes) is 16. The SMILES string of the molecule is CC/C=C\C/C=C\C/C=C\C/C=C\C/C=C\C/C=C\CCC(=O)OC(COC(=O)CCCCC/C=C\C/C=C\C/C=C\C/C=C\C/C=C\CC)COP(=O)(O)OCC(CO)OC(=O)CCCCCCCCC/C=C\CCCCCCCC. The highest BCUT2D eigenvalue weighted by Gasteiger charge is 2.28. The zero-order chi connectivity index (χ0) is 59.8. The fourth-order valence-electron chi connectivity index (χ4n) is 7.99. The molecule has 0 aliphatic heterocycles. The Morgan fingerprint density at radius 2 is 0.659 bits per heavy atom. The second-order valence-corrected chi connectivity index (χ2v) is 21.9. The molecule has 11 nitrogen and oxygen atoms in total. The Morgan fingerprint density at radius 1 is 0.354 bits per heavy atom. The van der Waals surface area contributed by atoms with Gasteiger partial charge in [0.05, 0.1) is 19.8 Å². The summed E-state index contributed by atoms with van der Waals surface area (Å²) in [6, 6.07) is 0.